The third-order valence-corrected chi connectivity index (χ3v) is 6.09. The van der Waals surface area contributed by atoms with E-state index in [2.05, 4.69) is 4.98 Å². The van der Waals surface area contributed by atoms with Crippen LogP contribution in [0, 0.1) is 0 Å². The van der Waals surface area contributed by atoms with Crippen molar-refractivity contribution in [3.63, 3.8) is 0 Å². The minimum atomic E-state index is -0.941. The maximum Gasteiger partial charge on any atom is 0.313 e. The van der Waals surface area contributed by atoms with Crippen LogP contribution < -0.4 is 9.47 Å². The van der Waals surface area contributed by atoms with Crippen LogP contribution in [-0.4, -0.2) is 16.1 Å². The number of ether oxygens (including phenoxy) is 2. The fourth-order valence-electron chi connectivity index (χ4n) is 4.18. The van der Waals surface area contributed by atoms with Gasteiger partial charge in [0.1, 0.15) is 24.7 Å². The highest BCUT2D eigenvalue weighted by Gasteiger charge is 2.35. The van der Waals surface area contributed by atoms with Gasteiger partial charge in [0.2, 0.25) is 0 Å². The number of hydrogen-bond acceptors (Lipinski definition) is 4. The van der Waals surface area contributed by atoms with Crippen molar-refractivity contribution in [1.29, 1.82) is 0 Å². The number of carbonyl (C=O) groups is 1. The lowest BCUT2D eigenvalue weighted by Gasteiger charge is -2.27. The number of para-hydroxylation sites is 1. The van der Waals surface area contributed by atoms with Crippen molar-refractivity contribution >= 4 is 16.9 Å². The van der Waals surface area contributed by atoms with Crippen LogP contribution in [0.1, 0.15) is 43.5 Å². The molecule has 0 fully saturated rings. The first-order valence-corrected chi connectivity index (χ1v) is 11.5. The van der Waals surface area contributed by atoms with Gasteiger partial charge in [0, 0.05) is 5.39 Å². The van der Waals surface area contributed by atoms with Crippen molar-refractivity contribution in [2.45, 2.75) is 45.3 Å². The Morgan fingerprint density at radius 3 is 2.21 bits per heavy atom. The van der Waals surface area contributed by atoms with E-state index >= 15 is 0 Å². The van der Waals surface area contributed by atoms with Gasteiger partial charge in [-0.05, 0) is 60.9 Å². The number of pyridine rings is 1. The van der Waals surface area contributed by atoms with Crippen LogP contribution in [0.2, 0.25) is 0 Å². The summed E-state index contributed by atoms with van der Waals surface area (Å²) in [7, 11) is 0. The number of hydrogen-bond donors (Lipinski definition) is 1. The first-order chi connectivity index (χ1) is 16.5. The van der Waals surface area contributed by atoms with E-state index in [1.54, 1.807) is 6.92 Å². The summed E-state index contributed by atoms with van der Waals surface area (Å²) in [6.07, 6.45) is 1.35. The van der Waals surface area contributed by atoms with E-state index in [-0.39, 0.29) is 0 Å². The Morgan fingerprint density at radius 1 is 0.853 bits per heavy atom. The molecule has 5 nitrogen and oxygen atoms in total. The molecule has 0 aliphatic heterocycles. The Balaban J connectivity index is 1.39. The van der Waals surface area contributed by atoms with Crippen molar-refractivity contribution in [2.24, 2.45) is 0 Å². The Labute approximate surface area is 200 Å². The maximum atomic E-state index is 12.0. The highest BCUT2D eigenvalue weighted by atomic mass is 16.5. The molecule has 0 spiro atoms. The minimum absolute atomic E-state index is 0.296. The second-order valence-electron chi connectivity index (χ2n) is 8.59. The summed E-state index contributed by atoms with van der Waals surface area (Å²) in [5.74, 6) is 0.604. The average molecular weight is 456 g/mol. The van der Waals surface area contributed by atoms with Crippen LogP contribution in [0.3, 0.4) is 0 Å². The predicted molar refractivity (Wildman–Crippen MR) is 133 cm³/mol. The highest BCUT2D eigenvalue weighted by Crippen LogP contribution is 2.33. The summed E-state index contributed by atoms with van der Waals surface area (Å²) >= 11 is 0. The smallest absolute Gasteiger partial charge is 0.313 e. The molecular weight excluding hydrogens is 426 g/mol. The van der Waals surface area contributed by atoms with Gasteiger partial charge in [-0.2, -0.15) is 0 Å². The number of carboxylic acid groups (broad SMARTS) is 1. The molecule has 0 bridgehead atoms. The number of fused-ring (bicyclic) bond motifs is 1. The van der Waals surface area contributed by atoms with Crippen LogP contribution >= 0.6 is 0 Å². The molecule has 1 atom stereocenters. The molecule has 174 valence electrons. The van der Waals surface area contributed by atoms with Crippen LogP contribution in [0.4, 0.5) is 0 Å². The van der Waals surface area contributed by atoms with E-state index < -0.39 is 11.4 Å². The van der Waals surface area contributed by atoms with E-state index in [1.807, 2.05) is 91.9 Å². The lowest BCUT2D eigenvalue weighted by Crippen LogP contribution is -2.33. The van der Waals surface area contributed by atoms with Crippen molar-refractivity contribution in [3.8, 4) is 11.5 Å². The summed E-state index contributed by atoms with van der Waals surface area (Å²) in [4.78, 5) is 16.7. The zero-order valence-electron chi connectivity index (χ0n) is 19.5. The molecule has 0 saturated carbocycles. The molecule has 1 N–H and O–H groups in total. The molecule has 4 rings (SSSR count). The highest BCUT2D eigenvalue weighted by molar-refractivity contribution is 5.81. The number of benzene rings is 3. The zero-order valence-corrected chi connectivity index (χ0v) is 19.5. The number of carboxylic acids is 1. The first-order valence-electron chi connectivity index (χ1n) is 11.5. The van der Waals surface area contributed by atoms with Gasteiger partial charge in [-0.1, -0.05) is 61.9 Å². The zero-order chi connectivity index (χ0) is 24.0. The first kappa shape index (κ1) is 23.3. The summed E-state index contributed by atoms with van der Waals surface area (Å²) in [6.45, 7) is 4.46. The van der Waals surface area contributed by atoms with Gasteiger partial charge in [0.05, 0.1) is 16.6 Å². The number of nitrogens with zero attached hydrogens (tertiary/aromatic N) is 1. The predicted octanol–water partition coefficient (Wildman–Crippen LogP) is 6.54. The van der Waals surface area contributed by atoms with E-state index in [0.717, 1.165) is 39.9 Å². The van der Waals surface area contributed by atoms with Crippen molar-refractivity contribution in [2.75, 3.05) is 0 Å². The Morgan fingerprint density at radius 2 is 1.50 bits per heavy atom. The van der Waals surface area contributed by atoms with E-state index in [0.29, 0.717) is 25.4 Å². The molecule has 34 heavy (non-hydrogen) atoms. The van der Waals surface area contributed by atoms with Crippen LogP contribution in [0.25, 0.3) is 10.9 Å². The molecule has 5 heteroatoms. The molecule has 3 aromatic carbocycles. The molecule has 0 saturated heterocycles. The Hall–Kier alpha value is -3.86. The normalized spacial score (nSPS) is 12.8. The third kappa shape index (κ3) is 5.20. The van der Waals surface area contributed by atoms with Crippen LogP contribution in [-0.2, 0) is 23.4 Å². The van der Waals surface area contributed by atoms with Crippen LogP contribution in [0.5, 0.6) is 11.5 Å². The number of rotatable bonds is 10. The summed E-state index contributed by atoms with van der Waals surface area (Å²) in [6, 6.07) is 27.1. The molecule has 0 amide bonds. The quantitative estimate of drug-likeness (QED) is 0.294. The van der Waals surface area contributed by atoms with Crippen molar-refractivity contribution in [3.05, 3.63) is 102 Å². The standard InChI is InChI=1S/C29H29NO4/c1-3-18-29(2,28(31)32)26-10-6-4-9-22(26)19-33-24-14-16-25(17-15-24)34-20-23-13-12-21-8-5-7-11-27(21)30-23/h4-17H,3,18-20H2,1-2H3,(H,31,32). The van der Waals surface area contributed by atoms with E-state index in [9.17, 15) is 9.90 Å². The van der Waals surface area contributed by atoms with Gasteiger partial charge < -0.3 is 14.6 Å². The molecule has 1 aromatic heterocycles. The number of aliphatic carboxylic acids is 1. The molecular formula is C29H29NO4. The fourth-order valence-corrected chi connectivity index (χ4v) is 4.18. The molecule has 0 radical (unpaired) electrons. The van der Waals surface area contributed by atoms with E-state index in [4.69, 9.17) is 9.47 Å². The third-order valence-electron chi connectivity index (χ3n) is 6.09. The molecule has 4 aromatic rings. The van der Waals surface area contributed by atoms with Gasteiger partial charge in [0.25, 0.3) is 0 Å². The topological polar surface area (TPSA) is 68.7 Å². The lowest BCUT2D eigenvalue weighted by molar-refractivity contribution is -0.143. The maximum absolute atomic E-state index is 12.0. The van der Waals surface area contributed by atoms with Crippen molar-refractivity contribution < 1.29 is 19.4 Å². The van der Waals surface area contributed by atoms with Crippen LogP contribution in [0.15, 0.2) is 84.9 Å². The molecule has 1 unspecified atom stereocenters. The van der Waals surface area contributed by atoms with Gasteiger partial charge in [0.15, 0.2) is 0 Å². The lowest BCUT2D eigenvalue weighted by atomic mass is 9.76. The number of aromatic nitrogens is 1. The fraction of sp³-hybridized carbons (Fsp3) is 0.241. The van der Waals surface area contributed by atoms with Gasteiger partial charge in [-0.25, -0.2) is 4.98 Å². The summed E-state index contributed by atoms with van der Waals surface area (Å²) < 4.78 is 11.9. The van der Waals surface area contributed by atoms with E-state index in [1.165, 1.54) is 0 Å². The molecule has 0 aliphatic carbocycles. The molecule has 0 aliphatic rings. The van der Waals surface area contributed by atoms with Gasteiger partial charge in [-0.3, -0.25) is 4.79 Å². The summed E-state index contributed by atoms with van der Waals surface area (Å²) in [5, 5.41) is 11.0. The van der Waals surface area contributed by atoms with Gasteiger partial charge in [-0.15, -0.1) is 0 Å². The second kappa shape index (κ2) is 10.4. The second-order valence-corrected chi connectivity index (χ2v) is 8.59. The molecule has 1 heterocycles. The summed E-state index contributed by atoms with van der Waals surface area (Å²) in [5.41, 5.74) is 2.55. The Bertz CT molecular complexity index is 1270. The van der Waals surface area contributed by atoms with Gasteiger partial charge >= 0.3 is 5.97 Å². The Kier molecular flexibility index (Phi) is 7.12. The largest absolute Gasteiger partial charge is 0.489 e. The van der Waals surface area contributed by atoms with Crippen molar-refractivity contribution in [1.82, 2.24) is 4.98 Å². The monoisotopic (exact) mass is 455 g/mol. The SMILES string of the molecule is CCCC(C)(C(=O)O)c1ccccc1COc1ccc(OCc2ccc3ccccc3n2)cc1. The minimum Gasteiger partial charge on any atom is -0.489 e. The average Bonchev–Trinajstić information content (AvgIpc) is 2.87.